The molecule has 0 spiro atoms. The van der Waals surface area contributed by atoms with Gasteiger partial charge in [0.05, 0.1) is 16.9 Å². The van der Waals surface area contributed by atoms with Crippen LogP contribution in [0.3, 0.4) is 0 Å². The second kappa shape index (κ2) is 5.08. The van der Waals surface area contributed by atoms with Crippen molar-refractivity contribution in [3.8, 4) is 0 Å². The summed E-state index contributed by atoms with van der Waals surface area (Å²) < 4.78 is 17.0. The molecular weight excluding hydrogens is 385 g/mol. The minimum atomic E-state index is -0.380. The normalized spacial score (nSPS) is 19.0. The number of hydrogen-bond donors (Lipinski definition) is 0. The van der Waals surface area contributed by atoms with Crippen molar-refractivity contribution in [1.82, 2.24) is 9.47 Å². The van der Waals surface area contributed by atoms with Crippen LogP contribution in [0.2, 0.25) is 0 Å². The van der Waals surface area contributed by atoms with Crippen LogP contribution in [0.15, 0.2) is 46.9 Å². The van der Waals surface area contributed by atoms with E-state index in [0.29, 0.717) is 12.1 Å². The summed E-state index contributed by atoms with van der Waals surface area (Å²) in [7, 11) is 1.96. The lowest BCUT2D eigenvalue weighted by Gasteiger charge is -2.46. The third kappa shape index (κ3) is 2.00. The van der Waals surface area contributed by atoms with Crippen LogP contribution < -0.4 is 4.90 Å². The van der Waals surface area contributed by atoms with E-state index in [2.05, 4.69) is 43.6 Å². The zero-order valence-corrected chi connectivity index (χ0v) is 15.1. The minimum absolute atomic E-state index is 0.102. The molecule has 0 radical (unpaired) electrons. The summed E-state index contributed by atoms with van der Waals surface area (Å²) in [6.07, 6.45) is -0.176. The van der Waals surface area contributed by atoms with Crippen LogP contribution in [0.1, 0.15) is 22.2 Å². The second-order valence-corrected chi connectivity index (χ2v) is 7.48. The van der Waals surface area contributed by atoms with E-state index in [-0.39, 0.29) is 17.9 Å². The molecule has 5 rings (SSSR count). The molecular formula is C19H15BrFN3O. The van der Waals surface area contributed by atoms with Gasteiger partial charge in [-0.2, -0.15) is 0 Å². The molecule has 1 unspecified atom stereocenters. The van der Waals surface area contributed by atoms with Crippen molar-refractivity contribution in [3.63, 3.8) is 0 Å². The quantitative estimate of drug-likeness (QED) is 0.568. The molecule has 0 N–H and O–H groups in total. The Hall–Kier alpha value is -2.34. The van der Waals surface area contributed by atoms with Gasteiger partial charge in [0.2, 0.25) is 0 Å². The molecule has 2 aliphatic heterocycles. The van der Waals surface area contributed by atoms with Gasteiger partial charge in [0, 0.05) is 35.5 Å². The van der Waals surface area contributed by atoms with Crippen LogP contribution in [0.25, 0.3) is 10.9 Å². The lowest BCUT2D eigenvalue weighted by molar-refractivity contribution is 0.0601. The summed E-state index contributed by atoms with van der Waals surface area (Å²) in [5.41, 5.74) is 3.47. The molecule has 4 nitrogen and oxygen atoms in total. The summed E-state index contributed by atoms with van der Waals surface area (Å²) in [4.78, 5) is 16.8. The molecule has 0 aliphatic carbocycles. The number of carbonyl (C=O) groups is 1. The summed E-state index contributed by atoms with van der Waals surface area (Å²) >= 11 is 3.52. The van der Waals surface area contributed by atoms with Crippen molar-refractivity contribution in [3.05, 3.63) is 64.0 Å². The molecule has 0 fully saturated rings. The average Bonchev–Trinajstić information content (AvgIpc) is 2.96. The van der Waals surface area contributed by atoms with Gasteiger partial charge in [-0.15, -0.1) is 0 Å². The van der Waals surface area contributed by atoms with Crippen LogP contribution in [-0.2, 0) is 6.54 Å². The number of carbonyl (C=O) groups excluding carboxylic acids is 1. The van der Waals surface area contributed by atoms with Crippen molar-refractivity contribution < 1.29 is 9.18 Å². The topological polar surface area (TPSA) is 28.5 Å². The van der Waals surface area contributed by atoms with E-state index in [1.165, 1.54) is 17.6 Å². The zero-order valence-electron chi connectivity index (χ0n) is 13.5. The minimum Gasteiger partial charge on any atom is -0.349 e. The number of amides is 1. The van der Waals surface area contributed by atoms with Crippen LogP contribution in [-0.4, -0.2) is 29.0 Å². The Labute approximate surface area is 152 Å². The Morgan fingerprint density at radius 3 is 2.80 bits per heavy atom. The lowest BCUT2D eigenvalue weighted by Crippen LogP contribution is -2.52. The summed E-state index contributed by atoms with van der Waals surface area (Å²) in [6, 6.07) is 12.8. The van der Waals surface area contributed by atoms with Crippen molar-refractivity contribution in [2.45, 2.75) is 12.7 Å². The predicted molar refractivity (Wildman–Crippen MR) is 98.2 cm³/mol. The molecule has 1 aromatic heterocycles. The van der Waals surface area contributed by atoms with Gasteiger partial charge in [-0.25, -0.2) is 4.39 Å². The number of anilines is 1. The maximum Gasteiger partial charge on any atom is 0.258 e. The van der Waals surface area contributed by atoms with Gasteiger partial charge in [0.15, 0.2) is 0 Å². The van der Waals surface area contributed by atoms with Gasteiger partial charge in [-0.1, -0.05) is 15.9 Å². The fraction of sp³-hybridized carbons (Fsp3) is 0.211. The molecule has 1 amide bonds. The van der Waals surface area contributed by atoms with Crippen LogP contribution >= 0.6 is 15.9 Å². The maximum absolute atomic E-state index is 13.6. The highest BCUT2D eigenvalue weighted by Crippen LogP contribution is 2.41. The van der Waals surface area contributed by atoms with E-state index >= 15 is 0 Å². The molecule has 1 atom stereocenters. The summed E-state index contributed by atoms with van der Waals surface area (Å²) in [5, 5.41) is 1.15. The van der Waals surface area contributed by atoms with E-state index in [1.54, 1.807) is 6.07 Å². The highest BCUT2D eigenvalue weighted by molar-refractivity contribution is 9.10. The highest BCUT2D eigenvalue weighted by atomic mass is 79.9. The van der Waals surface area contributed by atoms with E-state index in [0.717, 1.165) is 27.8 Å². The number of aromatic nitrogens is 1. The van der Waals surface area contributed by atoms with Gasteiger partial charge in [-0.05, 0) is 42.5 Å². The highest BCUT2D eigenvalue weighted by Gasteiger charge is 2.40. The van der Waals surface area contributed by atoms with E-state index in [1.807, 2.05) is 18.0 Å². The van der Waals surface area contributed by atoms with Crippen LogP contribution in [0.4, 0.5) is 10.1 Å². The van der Waals surface area contributed by atoms with E-state index in [4.69, 9.17) is 0 Å². The molecule has 0 saturated carbocycles. The van der Waals surface area contributed by atoms with Crippen molar-refractivity contribution >= 4 is 38.4 Å². The molecule has 3 heterocycles. The first kappa shape index (κ1) is 15.0. The molecule has 25 heavy (non-hydrogen) atoms. The van der Waals surface area contributed by atoms with Gasteiger partial charge in [-0.3, -0.25) is 4.79 Å². The van der Waals surface area contributed by atoms with Gasteiger partial charge in [0.25, 0.3) is 5.91 Å². The summed E-state index contributed by atoms with van der Waals surface area (Å²) in [5.74, 6) is -0.481. The number of fused-ring (bicyclic) bond motifs is 6. The lowest BCUT2D eigenvalue weighted by atomic mass is 10.0. The Morgan fingerprint density at radius 1 is 1.12 bits per heavy atom. The Kier molecular flexibility index (Phi) is 3.04. The van der Waals surface area contributed by atoms with Gasteiger partial charge >= 0.3 is 0 Å². The fourth-order valence-electron chi connectivity index (χ4n) is 4.11. The van der Waals surface area contributed by atoms with Gasteiger partial charge < -0.3 is 14.4 Å². The van der Waals surface area contributed by atoms with Gasteiger partial charge in [0.1, 0.15) is 12.0 Å². The van der Waals surface area contributed by atoms with Crippen molar-refractivity contribution in [2.75, 3.05) is 18.5 Å². The first-order valence-corrected chi connectivity index (χ1v) is 8.96. The first-order valence-electron chi connectivity index (χ1n) is 8.16. The molecule has 3 aromatic rings. The second-order valence-electron chi connectivity index (χ2n) is 6.57. The molecule has 126 valence electrons. The SMILES string of the molecule is CN1c2ccc(F)cc2C(=O)N2CCn3c(cc4cc(Br)ccc43)C21. The first-order chi connectivity index (χ1) is 12.0. The third-order valence-electron chi connectivity index (χ3n) is 5.22. The number of rotatable bonds is 0. The van der Waals surface area contributed by atoms with Crippen LogP contribution in [0, 0.1) is 5.82 Å². The molecule has 0 saturated heterocycles. The standard InChI is InChI=1S/C19H15BrFN3O/c1-22-16-5-3-13(21)10-14(16)19(25)24-7-6-23-15-4-2-12(20)8-11(15)9-17(23)18(22)24/h2-5,8-10,18H,6-7H2,1H3. The molecule has 0 bridgehead atoms. The molecule has 2 aliphatic rings. The van der Waals surface area contributed by atoms with Crippen LogP contribution in [0.5, 0.6) is 0 Å². The van der Waals surface area contributed by atoms with E-state index < -0.39 is 0 Å². The number of halogens is 2. The Morgan fingerprint density at radius 2 is 1.96 bits per heavy atom. The third-order valence-corrected chi connectivity index (χ3v) is 5.71. The maximum atomic E-state index is 13.6. The largest absolute Gasteiger partial charge is 0.349 e. The smallest absolute Gasteiger partial charge is 0.258 e. The van der Waals surface area contributed by atoms with Crippen molar-refractivity contribution in [2.24, 2.45) is 0 Å². The van der Waals surface area contributed by atoms with E-state index in [9.17, 15) is 9.18 Å². The number of nitrogens with zero attached hydrogens (tertiary/aromatic N) is 3. The Bertz CT molecular complexity index is 1040. The number of benzene rings is 2. The average molecular weight is 400 g/mol. The molecule has 2 aromatic carbocycles. The molecule has 6 heteroatoms. The number of hydrogen-bond acceptors (Lipinski definition) is 2. The predicted octanol–water partition coefficient (Wildman–Crippen LogP) is 4.15. The zero-order chi connectivity index (χ0) is 17.3. The van der Waals surface area contributed by atoms with Crippen molar-refractivity contribution in [1.29, 1.82) is 0 Å². The monoisotopic (exact) mass is 399 g/mol. The summed E-state index contributed by atoms with van der Waals surface area (Å²) in [6.45, 7) is 1.35. The fourth-order valence-corrected chi connectivity index (χ4v) is 4.49. The Balaban J connectivity index is 1.72.